The number of aromatic nitrogens is 1. The van der Waals surface area contributed by atoms with Crippen LogP contribution in [0.3, 0.4) is 0 Å². The van der Waals surface area contributed by atoms with Gasteiger partial charge in [-0.2, -0.15) is 0 Å². The minimum atomic E-state index is 0.420. The molecule has 0 aromatic carbocycles. The van der Waals surface area contributed by atoms with E-state index in [2.05, 4.69) is 22.5 Å². The maximum atomic E-state index is 5.46. The van der Waals surface area contributed by atoms with Gasteiger partial charge in [0.25, 0.3) is 0 Å². The molecule has 0 spiro atoms. The highest BCUT2D eigenvalue weighted by Crippen LogP contribution is 2.13. The Morgan fingerprint density at radius 3 is 3.26 bits per heavy atom. The molecule has 0 aliphatic carbocycles. The van der Waals surface area contributed by atoms with Crippen molar-refractivity contribution in [2.24, 2.45) is 0 Å². The lowest BCUT2D eigenvalue weighted by molar-refractivity contribution is 0.0712. The van der Waals surface area contributed by atoms with Crippen LogP contribution >= 0.6 is 0 Å². The van der Waals surface area contributed by atoms with E-state index in [1.807, 2.05) is 12.1 Å². The molecule has 2 N–H and O–H groups in total. The fourth-order valence-corrected chi connectivity index (χ4v) is 2.31. The third-order valence-electron chi connectivity index (χ3n) is 3.32. The number of morpholine rings is 1. The largest absolute Gasteiger partial charge is 0.481 e. The van der Waals surface area contributed by atoms with Gasteiger partial charge in [0.15, 0.2) is 0 Å². The first-order valence-corrected chi connectivity index (χ1v) is 6.82. The number of nitrogens with one attached hydrogen (secondary N) is 2. The van der Waals surface area contributed by atoms with E-state index >= 15 is 0 Å². The standard InChI is InChI=1S/C14H23N3O2/c1-11(8-13-10-19-7-6-15-13)17-9-12-4-3-5-16-14(12)18-2/h3-5,11,13,15,17H,6-10H2,1-2H3. The number of methoxy groups -OCH3 is 1. The Balaban J connectivity index is 1.77. The predicted molar refractivity (Wildman–Crippen MR) is 74.3 cm³/mol. The molecule has 1 fully saturated rings. The molecule has 2 atom stereocenters. The van der Waals surface area contributed by atoms with E-state index in [1.165, 1.54) is 0 Å². The summed E-state index contributed by atoms with van der Waals surface area (Å²) in [7, 11) is 1.65. The molecule has 0 saturated carbocycles. The minimum Gasteiger partial charge on any atom is -0.481 e. The van der Waals surface area contributed by atoms with Crippen molar-refractivity contribution in [3.05, 3.63) is 23.9 Å². The molecule has 1 aromatic heterocycles. The molecule has 1 aliphatic rings. The molecule has 5 nitrogen and oxygen atoms in total. The van der Waals surface area contributed by atoms with Gasteiger partial charge in [-0.05, 0) is 19.4 Å². The fraction of sp³-hybridized carbons (Fsp3) is 0.643. The van der Waals surface area contributed by atoms with Gasteiger partial charge in [0.2, 0.25) is 5.88 Å². The van der Waals surface area contributed by atoms with Crippen molar-refractivity contribution < 1.29 is 9.47 Å². The topological polar surface area (TPSA) is 55.4 Å². The SMILES string of the molecule is COc1ncccc1CNC(C)CC1COCCN1. The second kappa shape index (κ2) is 7.43. The van der Waals surface area contributed by atoms with Crippen molar-refractivity contribution in [1.82, 2.24) is 15.6 Å². The van der Waals surface area contributed by atoms with E-state index in [-0.39, 0.29) is 0 Å². The molecule has 1 aliphatic heterocycles. The Bertz CT molecular complexity index is 381. The van der Waals surface area contributed by atoms with Gasteiger partial charge in [0.05, 0.1) is 20.3 Å². The van der Waals surface area contributed by atoms with Crippen LogP contribution < -0.4 is 15.4 Å². The molecule has 1 aromatic rings. The summed E-state index contributed by atoms with van der Waals surface area (Å²) in [5.74, 6) is 0.696. The molecular weight excluding hydrogens is 242 g/mol. The molecule has 5 heteroatoms. The Morgan fingerprint density at radius 2 is 2.53 bits per heavy atom. The molecule has 2 rings (SSSR count). The maximum Gasteiger partial charge on any atom is 0.217 e. The van der Waals surface area contributed by atoms with Crippen molar-refractivity contribution in [1.29, 1.82) is 0 Å². The fourth-order valence-electron chi connectivity index (χ4n) is 2.31. The van der Waals surface area contributed by atoms with E-state index in [0.29, 0.717) is 18.0 Å². The Kier molecular flexibility index (Phi) is 5.57. The molecule has 2 heterocycles. The molecule has 19 heavy (non-hydrogen) atoms. The number of ether oxygens (including phenoxy) is 2. The predicted octanol–water partition coefficient (Wildman–Crippen LogP) is 0.947. The number of hydrogen-bond donors (Lipinski definition) is 2. The lowest BCUT2D eigenvalue weighted by Crippen LogP contribution is -2.44. The van der Waals surface area contributed by atoms with Gasteiger partial charge >= 0.3 is 0 Å². The number of pyridine rings is 1. The molecule has 106 valence electrons. The smallest absolute Gasteiger partial charge is 0.217 e. The Labute approximate surface area is 114 Å². The zero-order valence-corrected chi connectivity index (χ0v) is 11.7. The van der Waals surface area contributed by atoms with Gasteiger partial charge in [-0.1, -0.05) is 6.07 Å². The normalized spacial score (nSPS) is 21.1. The first kappa shape index (κ1) is 14.2. The zero-order chi connectivity index (χ0) is 13.5. The van der Waals surface area contributed by atoms with E-state index in [1.54, 1.807) is 13.3 Å². The van der Waals surface area contributed by atoms with Gasteiger partial charge in [0, 0.05) is 36.9 Å². The van der Waals surface area contributed by atoms with Crippen molar-refractivity contribution >= 4 is 0 Å². The lowest BCUT2D eigenvalue weighted by atomic mass is 10.1. The van der Waals surface area contributed by atoms with Crippen LogP contribution in [0.25, 0.3) is 0 Å². The summed E-state index contributed by atoms with van der Waals surface area (Å²) < 4.78 is 10.7. The number of hydrogen-bond acceptors (Lipinski definition) is 5. The van der Waals surface area contributed by atoms with Crippen LogP contribution in [0, 0.1) is 0 Å². The second-order valence-corrected chi connectivity index (χ2v) is 4.92. The lowest BCUT2D eigenvalue weighted by Gasteiger charge is -2.26. The van der Waals surface area contributed by atoms with E-state index in [4.69, 9.17) is 9.47 Å². The summed E-state index contributed by atoms with van der Waals surface area (Å²) in [5.41, 5.74) is 1.09. The average molecular weight is 265 g/mol. The third kappa shape index (κ3) is 4.45. The summed E-state index contributed by atoms with van der Waals surface area (Å²) in [6.45, 7) is 5.55. The van der Waals surface area contributed by atoms with Crippen LogP contribution in [0.2, 0.25) is 0 Å². The van der Waals surface area contributed by atoms with Crippen LogP contribution in [0.4, 0.5) is 0 Å². The van der Waals surface area contributed by atoms with Crippen LogP contribution in [-0.4, -0.2) is 43.9 Å². The summed E-state index contributed by atoms with van der Waals surface area (Å²) in [5, 5.41) is 6.97. The zero-order valence-electron chi connectivity index (χ0n) is 11.7. The van der Waals surface area contributed by atoms with Crippen LogP contribution in [0.5, 0.6) is 5.88 Å². The van der Waals surface area contributed by atoms with Gasteiger partial charge in [0.1, 0.15) is 0 Å². The number of nitrogens with zero attached hydrogens (tertiary/aromatic N) is 1. The van der Waals surface area contributed by atoms with Crippen LogP contribution in [0.15, 0.2) is 18.3 Å². The summed E-state index contributed by atoms with van der Waals surface area (Å²) in [6, 6.07) is 4.84. The Morgan fingerprint density at radius 1 is 1.63 bits per heavy atom. The van der Waals surface area contributed by atoms with Gasteiger partial charge in [-0.25, -0.2) is 4.98 Å². The molecular formula is C14H23N3O2. The van der Waals surface area contributed by atoms with E-state index < -0.39 is 0 Å². The summed E-state index contributed by atoms with van der Waals surface area (Å²) in [6.07, 6.45) is 2.80. The van der Waals surface area contributed by atoms with Crippen molar-refractivity contribution in [2.75, 3.05) is 26.9 Å². The molecule has 0 amide bonds. The van der Waals surface area contributed by atoms with Crippen molar-refractivity contribution in [2.45, 2.75) is 32.0 Å². The third-order valence-corrected chi connectivity index (χ3v) is 3.32. The molecule has 0 bridgehead atoms. The Hall–Kier alpha value is -1.17. The molecule has 2 unspecified atom stereocenters. The summed E-state index contributed by atoms with van der Waals surface area (Å²) in [4.78, 5) is 4.20. The highest BCUT2D eigenvalue weighted by Gasteiger charge is 2.16. The first-order valence-electron chi connectivity index (χ1n) is 6.82. The number of rotatable bonds is 6. The van der Waals surface area contributed by atoms with Crippen LogP contribution in [0.1, 0.15) is 18.9 Å². The van der Waals surface area contributed by atoms with E-state index in [0.717, 1.165) is 38.3 Å². The maximum absolute atomic E-state index is 5.46. The van der Waals surface area contributed by atoms with Crippen molar-refractivity contribution in [3.63, 3.8) is 0 Å². The quantitative estimate of drug-likeness (QED) is 0.802. The van der Waals surface area contributed by atoms with Gasteiger partial charge < -0.3 is 20.1 Å². The van der Waals surface area contributed by atoms with Crippen LogP contribution in [-0.2, 0) is 11.3 Å². The highest BCUT2D eigenvalue weighted by molar-refractivity contribution is 5.25. The van der Waals surface area contributed by atoms with Crippen molar-refractivity contribution in [3.8, 4) is 5.88 Å². The van der Waals surface area contributed by atoms with Gasteiger partial charge in [-0.15, -0.1) is 0 Å². The minimum absolute atomic E-state index is 0.420. The molecule has 0 radical (unpaired) electrons. The van der Waals surface area contributed by atoms with E-state index in [9.17, 15) is 0 Å². The molecule has 1 saturated heterocycles. The highest BCUT2D eigenvalue weighted by atomic mass is 16.5. The first-order chi connectivity index (χ1) is 9.29. The second-order valence-electron chi connectivity index (χ2n) is 4.92. The van der Waals surface area contributed by atoms with Gasteiger partial charge in [-0.3, -0.25) is 0 Å². The average Bonchev–Trinajstić information content (AvgIpc) is 2.46. The monoisotopic (exact) mass is 265 g/mol. The summed E-state index contributed by atoms with van der Waals surface area (Å²) >= 11 is 0.